The molecule has 0 aliphatic heterocycles. The van der Waals surface area contributed by atoms with E-state index in [1.54, 1.807) is 6.20 Å². The van der Waals surface area contributed by atoms with Gasteiger partial charge in [-0.15, -0.1) is 0 Å². The fourth-order valence-corrected chi connectivity index (χ4v) is 2.34. The van der Waals surface area contributed by atoms with Crippen LogP contribution >= 0.6 is 15.9 Å². The number of unbranched alkanes of at least 4 members (excludes halogenated alkanes) is 1. The second-order valence-corrected chi connectivity index (χ2v) is 5.57. The Kier molecular flexibility index (Phi) is 5.16. The summed E-state index contributed by atoms with van der Waals surface area (Å²) in [6.45, 7) is 2.31. The van der Waals surface area contributed by atoms with Gasteiger partial charge in [0.2, 0.25) is 0 Å². The zero-order valence-electron chi connectivity index (χ0n) is 11.0. The largest absolute Gasteiger partial charge is 0.491 e. The maximum atomic E-state index is 8.76. The Hall–Kier alpha value is -1.13. The highest BCUT2D eigenvalue weighted by Gasteiger charge is 2.05. The number of fused-ring (bicyclic) bond motifs is 1. The van der Waals surface area contributed by atoms with Crippen LogP contribution in [0, 0.1) is 0 Å². The van der Waals surface area contributed by atoms with Crippen LogP contribution in [0.1, 0.15) is 26.2 Å². The first-order chi connectivity index (χ1) is 9.19. The molecular formula is C15H18BrNO2. The molecule has 1 heterocycles. The van der Waals surface area contributed by atoms with Gasteiger partial charge in [-0.2, -0.15) is 0 Å². The topological polar surface area (TPSA) is 42.4 Å². The maximum Gasteiger partial charge on any atom is 0.120 e. The molecular weight excluding hydrogens is 306 g/mol. The van der Waals surface area contributed by atoms with Gasteiger partial charge in [-0.3, -0.25) is 4.98 Å². The van der Waals surface area contributed by atoms with E-state index in [1.807, 2.05) is 24.3 Å². The summed E-state index contributed by atoms with van der Waals surface area (Å²) in [7, 11) is 0. The van der Waals surface area contributed by atoms with Crippen molar-refractivity contribution in [3.05, 3.63) is 34.9 Å². The summed E-state index contributed by atoms with van der Waals surface area (Å²) < 4.78 is 6.85. The Morgan fingerprint density at radius 2 is 2.16 bits per heavy atom. The minimum Gasteiger partial charge on any atom is -0.491 e. The summed E-state index contributed by atoms with van der Waals surface area (Å²) in [5.74, 6) is 0.865. The Balaban J connectivity index is 2.04. The third-order valence-corrected chi connectivity index (χ3v) is 3.41. The van der Waals surface area contributed by atoms with Crippen molar-refractivity contribution in [2.75, 3.05) is 6.61 Å². The van der Waals surface area contributed by atoms with E-state index in [4.69, 9.17) is 9.84 Å². The van der Waals surface area contributed by atoms with Crippen molar-refractivity contribution in [2.24, 2.45) is 0 Å². The van der Waals surface area contributed by atoms with Crippen LogP contribution in [0.25, 0.3) is 10.9 Å². The van der Waals surface area contributed by atoms with E-state index in [9.17, 15) is 0 Å². The molecule has 0 bridgehead atoms. The summed E-state index contributed by atoms with van der Waals surface area (Å²) >= 11 is 3.42. The standard InChI is InChI=1S/C15H18BrNO2/c1-11(4-2-3-7-18)19-14-5-6-15-12(9-14)8-13(16)10-17-15/h5-6,8-11,18H,2-4,7H2,1H3. The minimum atomic E-state index is 0.157. The molecule has 0 radical (unpaired) electrons. The van der Waals surface area contributed by atoms with Gasteiger partial charge in [0.15, 0.2) is 0 Å². The minimum absolute atomic E-state index is 0.157. The predicted molar refractivity (Wildman–Crippen MR) is 80.5 cm³/mol. The molecule has 0 aliphatic carbocycles. The Bertz CT molecular complexity index is 545. The molecule has 1 aromatic carbocycles. The molecule has 102 valence electrons. The number of hydrogen-bond acceptors (Lipinski definition) is 3. The molecule has 1 unspecified atom stereocenters. The van der Waals surface area contributed by atoms with E-state index in [-0.39, 0.29) is 12.7 Å². The van der Waals surface area contributed by atoms with Crippen LogP contribution in [0.3, 0.4) is 0 Å². The van der Waals surface area contributed by atoms with E-state index >= 15 is 0 Å². The second-order valence-electron chi connectivity index (χ2n) is 4.66. The number of ether oxygens (including phenoxy) is 1. The summed E-state index contributed by atoms with van der Waals surface area (Å²) in [6, 6.07) is 7.96. The van der Waals surface area contributed by atoms with Gasteiger partial charge in [-0.1, -0.05) is 0 Å². The van der Waals surface area contributed by atoms with E-state index in [0.717, 1.165) is 40.4 Å². The highest BCUT2D eigenvalue weighted by molar-refractivity contribution is 9.10. The molecule has 0 saturated heterocycles. The number of benzene rings is 1. The highest BCUT2D eigenvalue weighted by atomic mass is 79.9. The van der Waals surface area contributed by atoms with E-state index in [2.05, 4.69) is 27.8 Å². The fourth-order valence-electron chi connectivity index (χ4n) is 1.99. The van der Waals surface area contributed by atoms with Crippen molar-refractivity contribution in [3.63, 3.8) is 0 Å². The number of rotatable bonds is 6. The third kappa shape index (κ3) is 4.18. The number of aliphatic hydroxyl groups is 1. The molecule has 0 aliphatic rings. The van der Waals surface area contributed by atoms with E-state index < -0.39 is 0 Å². The molecule has 0 saturated carbocycles. The maximum absolute atomic E-state index is 8.76. The highest BCUT2D eigenvalue weighted by Crippen LogP contribution is 2.23. The van der Waals surface area contributed by atoms with Crippen LogP contribution in [0.15, 0.2) is 34.9 Å². The third-order valence-electron chi connectivity index (χ3n) is 2.98. The second kappa shape index (κ2) is 6.87. The lowest BCUT2D eigenvalue weighted by atomic mass is 10.1. The first-order valence-corrected chi connectivity index (χ1v) is 7.31. The number of aliphatic hydroxyl groups excluding tert-OH is 1. The number of halogens is 1. The lowest BCUT2D eigenvalue weighted by molar-refractivity contribution is 0.199. The quantitative estimate of drug-likeness (QED) is 0.819. The number of nitrogens with zero attached hydrogens (tertiary/aromatic N) is 1. The van der Waals surface area contributed by atoms with Gasteiger partial charge in [0.25, 0.3) is 0 Å². The lowest BCUT2D eigenvalue weighted by Gasteiger charge is -2.14. The van der Waals surface area contributed by atoms with Gasteiger partial charge in [0.1, 0.15) is 5.75 Å². The lowest BCUT2D eigenvalue weighted by Crippen LogP contribution is -2.11. The van der Waals surface area contributed by atoms with Gasteiger partial charge in [0.05, 0.1) is 11.6 Å². The van der Waals surface area contributed by atoms with Gasteiger partial charge < -0.3 is 9.84 Å². The zero-order valence-corrected chi connectivity index (χ0v) is 12.6. The van der Waals surface area contributed by atoms with Gasteiger partial charge in [0, 0.05) is 22.7 Å². The number of aromatic nitrogens is 1. The first kappa shape index (κ1) is 14.3. The van der Waals surface area contributed by atoms with Crippen molar-refractivity contribution in [1.29, 1.82) is 0 Å². The molecule has 1 aromatic heterocycles. The molecule has 2 aromatic rings. The smallest absolute Gasteiger partial charge is 0.120 e. The summed E-state index contributed by atoms with van der Waals surface area (Å²) in [6.07, 6.45) is 4.72. The van der Waals surface area contributed by atoms with E-state index in [0.29, 0.717) is 0 Å². The molecule has 1 atom stereocenters. The molecule has 19 heavy (non-hydrogen) atoms. The predicted octanol–water partition coefficient (Wildman–Crippen LogP) is 3.93. The van der Waals surface area contributed by atoms with Crippen LogP contribution in [-0.2, 0) is 0 Å². The molecule has 0 spiro atoms. The van der Waals surface area contributed by atoms with Crippen LogP contribution in [0.4, 0.5) is 0 Å². The molecule has 4 heteroatoms. The normalized spacial score (nSPS) is 12.6. The average Bonchev–Trinajstić information content (AvgIpc) is 2.38. The monoisotopic (exact) mass is 323 g/mol. The van der Waals surface area contributed by atoms with Crippen LogP contribution in [-0.4, -0.2) is 22.8 Å². The average molecular weight is 324 g/mol. The molecule has 2 rings (SSSR count). The van der Waals surface area contributed by atoms with Crippen molar-refractivity contribution in [1.82, 2.24) is 4.98 Å². The van der Waals surface area contributed by atoms with Crippen LogP contribution in [0.5, 0.6) is 5.75 Å². The van der Waals surface area contributed by atoms with Crippen LogP contribution in [0.2, 0.25) is 0 Å². The van der Waals surface area contributed by atoms with Crippen molar-refractivity contribution >= 4 is 26.8 Å². The van der Waals surface area contributed by atoms with Gasteiger partial charge in [-0.25, -0.2) is 0 Å². The van der Waals surface area contributed by atoms with Crippen molar-refractivity contribution in [2.45, 2.75) is 32.3 Å². The van der Waals surface area contributed by atoms with Gasteiger partial charge >= 0.3 is 0 Å². The Morgan fingerprint density at radius 1 is 1.32 bits per heavy atom. The van der Waals surface area contributed by atoms with Crippen molar-refractivity contribution in [3.8, 4) is 5.75 Å². The molecule has 1 N–H and O–H groups in total. The van der Waals surface area contributed by atoms with E-state index in [1.165, 1.54) is 0 Å². The fraction of sp³-hybridized carbons (Fsp3) is 0.400. The Morgan fingerprint density at radius 3 is 2.95 bits per heavy atom. The first-order valence-electron chi connectivity index (χ1n) is 6.52. The Labute approximate surface area is 121 Å². The van der Waals surface area contributed by atoms with Crippen LogP contribution < -0.4 is 4.74 Å². The summed E-state index contributed by atoms with van der Waals surface area (Å²) in [4.78, 5) is 4.33. The SMILES string of the molecule is CC(CCCCO)Oc1ccc2ncc(Br)cc2c1. The molecule has 0 fully saturated rings. The molecule has 0 amide bonds. The van der Waals surface area contributed by atoms with Crippen molar-refractivity contribution < 1.29 is 9.84 Å². The number of pyridine rings is 1. The van der Waals surface area contributed by atoms with Gasteiger partial charge in [-0.05, 0) is 66.4 Å². The summed E-state index contributed by atoms with van der Waals surface area (Å²) in [5, 5.41) is 9.83. The summed E-state index contributed by atoms with van der Waals surface area (Å²) in [5.41, 5.74) is 0.962. The number of hydrogen-bond donors (Lipinski definition) is 1. The zero-order chi connectivity index (χ0) is 13.7. The molecule has 3 nitrogen and oxygen atoms in total.